The van der Waals surface area contributed by atoms with E-state index >= 15 is 0 Å². The summed E-state index contributed by atoms with van der Waals surface area (Å²) in [6.45, 7) is 11.3. The molecule has 1 aliphatic rings. The SMILES string of the molecule is CCC(N=C1NC(CC)(CC)CS1)C(C)C. The van der Waals surface area contributed by atoms with E-state index in [2.05, 4.69) is 39.9 Å². The molecule has 0 spiro atoms. The van der Waals surface area contributed by atoms with Crippen LogP contribution in [-0.4, -0.2) is 22.5 Å². The lowest BCUT2D eigenvalue weighted by Gasteiger charge is -2.25. The van der Waals surface area contributed by atoms with E-state index in [9.17, 15) is 0 Å². The predicted molar refractivity (Wildman–Crippen MR) is 75.3 cm³/mol. The summed E-state index contributed by atoms with van der Waals surface area (Å²) in [6, 6.07) is 0.472. The Morgan fingerprint density at radius 2 is 1.94 bits per heavy atom. The van der Waals surface area contributed by atoms with Crippen molar-refractivity contribution in [1.82, 2.24) is 5.32 Å². The van der Waals surface area contributed by atoms with Crippen molar-refractivity contribution in [2.45, 2.75) is 65.5 Å². The fraction of sp³-hybridized carbons (Fsp3) is 0.923. The highest BCUT2D eigenvalue weighted by atomic mass is 32.2. The Bertz CT molecular complexity index is 244. The molecule has 1 unspecified atom stereocenters. The van der Waals surface area contributed by atoms with Crippen molar-refractivity contribution in [3.05, 3.63) is 0 Å². The number of nitrogens with one attached hydrogen (secondary N) is 1. The van der Waals surface area contributed by atoms with Gasteiger partial charge in [0.15, 0.2) is 5.17 Å². The van der Waals surface area contributed by atoms with Gasteiger partial charge in [-0.2, -0.15) is 0 Å². The average Bonchev–Trinajstić information content (AvgIpc) is 2.69. The molecule has 0 aromatic rings. The van der Waals surface area contributed by atoms with E-state index in [1.165, 1.54) is 23.8 Å². The maximum Gasteiger partial charge on any atom is 0.157 e. The van der Waals surface area contributed by atoms with Crippen molar-refractivity contribution in [2.24, 2.45) is 10.9 Å². The molecule has 0 aromatic heterocycles. The van der Waals surface area contributed by atoms with Crippen LogP contribution < -0.4 is 5.32 Å². The van der Waals surface area contributed by atoms with Gasteiger partial charge < -0.3 is 5.32 Å². The van der Waals surface area contributed by atoms with Gasteiger partial charge in [-0.15, -0.1) is 0 Å². The zero-order valence-electron chi connectivity index (χ0n) is 11.3. The zero-order valence-corrected chi connectivity index (χ0v) is 12.2. The van der Waals surface area contributed by atoms with Crippen molar-refractivity contribution in [1.29, 1.82) is 0 Å². The molecule has 0 aromatic carbocycles. The van der Waals surface area contributed by atoms with Crippen LogP contribution in [0.2, 0.25) is 0 Å². The molecule has 0 radical (unpaired) electrons. The molecule has 3 heteroatoms. The lowest BCUT2D eigenvalue weighted by Crippen LogP contribution is -2.42. The van der Waals surface area contributed by atoms with E-state index in [0.29, 0.717) is 17.5 Å². The van der Waals surface area contributed by atoms with E-state index in [0.717, 1.165) is 6.42 Å². The Hall–Kier alpha value is -0.180. The highest BCUT2D eigenvalue weighted by Gasteiger charge is 2.34. The number of thioether (sulfide) groups is 1. The molecule has 1 atom stereocenters. The van der Waals surface area contributed by atoms with E-state index in [1.54, 1.807) is 0 Å². The molecular formula is C13H26N2S. The number of amidine groups is 1. The minimum atomic E-state index is 0.304. The van der Waals surface area contributed by atoms with Gasteiger partial charge in [-0.05, 0) is 25.2 Å². The lowest BCUT2D eigenvalue weighted by atomic mass is 9.96. The molecule has 0 bridgehead atoms. The normalized spacial score (nSPS) is 23.8. The topological polar surface area (TPSA) is 24.4 Å². The second kappa shape index (κ2) is 5.95. The quantitative estimate of drug-likeness (QED) is 0.795. The summed E-state index contributed by atoms with van der Waals surface area (Å²) in [5.41, 5.74) is 0.304. The Kier molecular flexibility index (Phi) is 5.16. The molecule has 94 valence electrons. The summed E-state index contributed by atoms with van der Waals surface area (Å²) >= 11 is 1.90. The number of aliphatic imine (C=N–C) groups is 1. The third-order valence-electron chi connectivity index (χ3n) is 3.68. The molecule has 1 heterocycles. The first-order valence-electron chi connectivity index (χ1n) is 6.55. The van der Waals surface area contributed by atoms with Gasteiger partial charge in [0.25, 0.3) is 0 Å². The van der Waals surface area contributed by atoms with Crippen LogP contribution in [0.25, 0.3) is 0 Å². The minimum Gasteiger partial charge on any atom is -0.359 e. The van der Waals surface area contributed by atoms with Crippen LogP contribution in [0, 0.1) is 5.92 Å². The third-order valence-corrected chi connectivity index (χ3v) is 4.86. The van der Waals surface area contributed by atoms with E-state index in [4.69, 9.17) is 4.99 Å². The van der Waals surface area contributed by atoms with Crippen LogP contribution in [0.15, 0.2) is 4.99 Å². The Morgan fingerprint density at radius 3 is 2.31 bits per heavy atom. The molecule has 16 heavy (non-hydrogen) atoms. The Morgan fingerprint density at radius 1 is 1.31 bits per heavy atom. The first-order valence-corrected chi connectivity index (χ1v) is 7.54. The zero-order chi connectivity index (χ0) is 12.2. The van der Waals surface area contributed by atoms with Crippen molar-refractivity contribution >= 4 is 16.9 Å². The molecule has 2 nitrogen and oxygen atoms in total. The van der Waals surface area contributed by atoms with Gasteiger partial charge >= 0.3 is 0 Å². The smallest absolute Gasteiger partial charge is 0.157 e. The van der Waals surface area contributed by atoms with Gasteiger partial charge in [-0.25, -0.2) is 0 Å². The molecule has 0 amide bonds. The van der Waals surface area contributed by atoms with Crippen molar-refractivity contribution in [2.75, 3.05) is 5.75 Å². The van der Waals surface area contributed by atoms with Gasteiger partial charge in [0.1, 0.15) is 0 Å². The van der Waals surface area contributed by atoms with Crippen LogP contribution in [0.4, 0.5) is 0 Å². The summed E-state index contributed by atoms with van der Waals surface area (Å²) in [5, 5.41) is 4.81. The Balaban J connectivity index is 2.67. The molecule has 1 aliphatic heterocycles. The maximum absolute atomic E-state index is 4.85. The maximum atomic E-state index is 4.85. The standard InChI is InChI=1S/C13H26N2S/c1-6-11(10(4)5)14-12-15-13(7-2,8-3)9-16-12/h10-11H,6-9H2,1-5H3,(H,14,15). The highest BCUT2D eigenvalue weighted by molar-refractivity contribution is 8.14. The summed E-state index contributed by atoms with van der Waals surface area (Å²) in [7, 11) is 0. The number of rotatable bonds is 5. The van der Waals surface area contributed by atoms with Crippen LogP contribution in [-0.2, 0) is 0 Å². The molecule has 0 aliphatic carbocycles. The predicted octanol–water partition coefficient (Wildman–Crippen LogP) is 3.67. The van der Waals surface area contributed by atoms with E-state index in [1.807, 2.05) is 11.8 Å². The van der Waals surface area contributed by atoms with E-state index < -0.39 is 0 Å². The minimum absolute atomic E-state index is 0.304. The van der Waals surface area contributed by atoms with Gasteiger partial charge in [0, 0.05) is 11.3 Å². The van der Waals surface area contributed by atoms with Crippen molar-refractivity contribution in [3.8, 4) is 0 Å². The van der Waals surface area contributed by atoms with Gasteiger partial charge in [-0.3, -0.25) is 4.99 Å². The van der Waals surface area contributed by atoms with Crippen molar-refractivity contribution < 1.29 is 0 Å². The molecule has 1 fully saturated rings. The van der Waals surface area contributed by atoms with Crippen molar-refractivity contribution in [3.63, 3.8) is 0 Å². The molecule has 1 N–H and O–H groups in total. The highest BCUT2D eigenvalue weighted by Crippen LogP contribution is 2.29. The van der Waals surface area contributed by atoms with Gasteiger partial charge in [-0.1, -0.05) is 46.4 Å². The summed E-state index contributed by atoms with van der Waals surface area (Å²) in [4.78, 5) is 4.85. The van der Waals surface area contributed by atoms with E-state index in [-0.39, 0.29) is 0 Å². The van der Waals surface area contributed by atoms with Crippen LogP contribution >= 0.6 is 11.8 Å². The first-order chi connectivity index (χ1) is 7.56. The molecular weight excluding hydrogens is 216 g/mol. The van der Waals surface area contributed by atoms with Crippen LogP contribution in [0.3, 0.4) is 0 Å². The van der Waals surface area contributed by atoms with Crippen LogP contribution in [0.5, 0.6) is 0 Å². The van der Waals surface area contributed by atoms with Gasteiger partial charge in [0.05, 0.1) is 6.04 Å². The third kappa shape index (κ3) is 3.16. The van der Waals surface area contributed by atoms with Gasteiger partial charge in [0.2, 0.25) is 0 Å². The van der Waals surface area contributed by atoms with Crippen LogP contribution in [0.1, 0.15) is 53.9 Å². The fourth-order valence-corrected chi connectivity index (χ4v) is 3.46. The summed E-state index contributed by atoms with van der Waals surface area (Å²) < 4.78 is 0. The second-order valence-electron chi connectivity index (χ2n) is 5.05. The number of nitrogens with zero attached hydrogens (tertiary/aromatic N) is 1. The fourth-order valence-electron chi connectivity index (χ4n) is 2.07. The monoisotopic (exact) mass is 242 g/mol. The summed E-state index contributed by atoms with van der Waals surface area (Å²) in [6.07, 6.45) is 3.51. The number of hydrogen-bond acceptors (Lipinski definition) is 2. The summed E-state index contributed by atoms with van der Waals surface area (Å²) in [5.74, 6) is 1.81. The molecule has 1 rings (SSSR count). The Labute approximate surface area is 105 Å². The lowest BCUT2D eigenvalue weighted by molar-refractivity contribution is 0.405. The number of hydrogen-bond donors (Lipinski definition) is 1. The molecule has 0 saturated carbocycles. The largest absolute Gasteiger partial charge is 0.359 e. The first kappa shape index (κ1) is 13.9. The second-order valence-corrected chi connectivity index (χ2v) is 6.02. The molecule has 1 saturated heterocycles. The average molecular weight is 242 g/mol.